The van der Waals surface area contributed by atoms with Crippen LogP contribution in [0.4, 0.5) is 0 Å². The fourth-order valence-corrected chi connectivity index (χ4v) is 4.19. The molecule has 0 amide bonds. The van der Waals surface area contributed by atoms with Gasteiger partial charge in [0, 0.05) is 20.2 Å². The number of aryl methyl sites for hydroxylation is 1. The maximum atomic E-state index is 2.24. The van der Waals surface area contributed by atoms with Crippen molar-refractivity contribution >= 4 is 31.5 Å². The lowest BCUT2D eigenvalue weighted by atomic mass is 10.0. The van der Waals surface area contributed by atoms with Gasteiger partial charge in [0.05, 0.1) is 0 Å². The Morgan fingerprint density at radius 3 is 2.40 bits per heavy atom. The van der Waals surface area contributed by atoms with Gasteiger partial charge in [-0.25, -0.2) is 0 Å². The Labute approximate surface area is 122 Å². The summed E-state index contributed by atoms with van der Waals surface area (Å²) >= 11 is 1.90. The molecular formula is C19H14S. The Morgan fingerprint density at radius 1 is 0.750 bits per heavy atom. The first-order chi connectivity index (χ1) is 9.84. The molecule has 1 aromatic heterocycles. The summed E-state index contributed by atoms with van der Waals surface area (Å²) in [7, 11) is 0. The Hall–Kier alpha value is -2.12. The van der Waals surface area contributed by atoms with Gasteiger partial charge in [-0.15, -0.1) is 11.3 Å². The molecule has 0 saturated heterocycles. The van der Waals surface area contributed by atoms with Crippen molar-refractivity contribution in [1.82, 2.24) is 0 Å². The second-order valence-corrected chi connectivity index (χ2v) is 6.15. The average Bonchev–Trinajstić information content (AvgIpc) is 2.88. The van der Waals surface area contributed by atoms with Crippen LogP contribution in [0.25, 0.3) is 31.3 Å². The SMILES string of the molecule is Cc1cccc2sc3c(-c4ccccc4)cccc3c12. The van der Waals surface area contributed by atoms with Crippen LogP contribution in [-0.2, 0) is 0 Å². The van der Waals surface area contributed by atoms with Crippen LogP contribution in [0.15, 0.2) is 66.7 Å². The number of fused-ring (bicyclic) bond motifs is 3. The van der Waals surface area contributed by atoms with Crippen molar-refractivity contribution < 1.29 is 0 Å². The van der Waals surface area contributed by atoms with Crippen molar-refractivity contribution in [2.24, 2.45) is 0 Å². The van der Waals surface area contributed by atoms with E-state index in [4.69, 9.17) is 0 Å². The minimum absolute atomic E-state index is 1.29. The average molecular weight is 274 g/mol. The Bertz CT molecular complexity index is 901. The third-order valence-corrected chi connectivity index (χ3v) is 5.02. The quantitative estimate of drug-likeness (QED) is 0.397. The maximum absolute atomic E-state index is 2.24. The van der Waals surface area contributed by atoms with E-state index in [-0.39, 0.29) is 0 Å². The predicted octanol–water partition coefficient (Wildman–Crippen LogP) is 6.03. The Kier molecular flexibility index (Phi) is 2.61. The second-order valence-electron chi connectivity index (χ2n) is 5.10. The van der Waals surface area contributed by atoms with E-state index in [9.17, 15) is 0 Å². The lowest BCUT2D eigenvalue weighted by Gasteiger charge is -2.03. The highest BCUT2D eigenvalue weighted by atomic mass is 32.1. The summed E-state index contributed by atoms with van der Waals surface area (Å²) in [5.41, 5.74) is 3.99. The Balaban J connectivity index is 2.14. The highest BCUT2D eigenvalue weighted by molar-refractivity contribution is 7.26. The van der Waals surface area contributed by atoms with Crippen molar-refractivity contribution in [2.45, 2.75) is 6.92 Å². The van der Waals surface area contributed by atoms with E-state index >= 15 is 0 Å². The van der Waals surface area contributed by atoms with Gasteiger partial charge in [0.2, 0.25) is 0 Å². The summed E-state index contributed by atoms with van der Waals surface area (Å²) < 4.78 is 2.77. The van der Waals surface area contributed by atoms with E-state index in [1.807, 2.05) is 11.3 Å². The first-order valence-electron chi connectivity index (χ1n) is 6.81. The van der Waals surface area contributed by atoms with Gasteiger partial charge >= 0.3 is 0 Å². The molecule has 0 bridgehead atoms. The monoisotopic (exact) mass is 274 g/mol. The van der Waals surface area contributed by atoms with Gasteiger partial charge in [-0.3, -0.25) is 0 Å². The minimum Gasteiger partial charge on any atom is -0.135 e. The van der Waals surface area contributed by atoms with Gasteiger partial charge in [-0.05, 0) is 29.7 Å². The molecule has 4 aromatic rings. The molecule has 0 nitrogen and oxygen atoms in total. The van der Waals surface area contributed by atoms with Gasteiger partial charge < -0.3 is 0 Å². The van der Waals surface area contributed by atoms with Crippen molar-refractivity contribution in [3.8, 4) is 11.1 Å². The van der Waals surface area contributed by atoms with E-state index in [1.165, 1.54) is 36.9 Å². The van der Waals surface area contributed by atoms with E-state index in [2.05, 4.69) is 73.7 Å². The molecule has 0 fully saturated rings. The van der Waals surface area contributed by atoms with Crippen molar-refractivity contribution in [1.29, 1.82) is 0 Å². The molecule has 0 aliphatic heterocycles. The van der Waals surface area contributed by atoms with Gasteiger partial charge in [0.15, 0.2) is 0 Å². The molecule has 0 N–H and O–H groups in total. The van der Waals surface area contributed by atoms with Gasteiger partial charge in [-0.1, -0.05) is 60.7 Å². The molecule has 3 aromatic carbocycles. The second kappa shape index (κ2) is 4.46. The number of thiophene rings is 1. The molecule has 0 radical (unpaired) electrons. The van der Waals surface area contributed by atoms with Gasteiger partial charge in [0.25, 0.3) is 0 Å². The number of hydrogen-bond donors (Lipinski definition) is 0. The number of rotatable bonds is 1. The zero-order chi connectivity index (χ0) is 13.5. The fourth-order valence-electron chi connectivity index (χ4n) is 2.87. The third kappa shape index (κ3) is 1.67. The van der Waals surface area contributed by atoms with Crippen LogP contribution >= 0.6 is 11.3 Å². The topological polar surface area (TPSA) is 0 Å². The number of hydrogen-bond acceptors (Lipinski definition) is 1. The Morgan fingerprint density at radius 2 is 1.55 bits per heavy atom. The van der Waals surface area contributed by atoms with Crippen LogP contribution in [0.3, 0.4) is 0 Å². The van der Waals surface area contributed by atoms with Crippen LogP contribution in [0.5, 0.6) is 0 Å². The molecule has 4 rings (SSSR count). The molecule has 0 aliphatic rings. The van der Waals surface area contributed by atoms with Crippen LogP contribution in [0, 0.1) is 6.92 Å². The highest BCUT2D eigenvalue weighted by Gasteiger charge is 2.10. The van der Waals surface area contributed by atoms with Gasteiger partial charge in [0.1, 0.15) is 0 Å². The predicted molar refractivity (Wildman–Crippen MR) is 89.5 cm³/mol. The van der Waals surface area contributed by atoms with Crippen LogP contribution < -0.4 is 0 Å². The zero-order valence-corrected chi connectivity index (χ0v) is 12.1. The maximum Gasteiger partial charge on any atom is 0.0433 e. The lowest BCUT2D eigenvalue weighted by Crippen LogP contribution is -1.77. The molecular weight excluding hydrogens is 260 g/mol. The highest BCUT2D eigenvalue weighted by Crippen LogP contribution is 2.40. The summed E-state index contributed by atoms with van der Waals surface area (Å²) in [4.78, 5) is 0. The van der Waals surface area contributed by atoms with Crippen molar-refractivity contribution in [3.05, 3.63) is 72.3 Å². The largest absolute Gasteiger partial charge is 0.135 e. The zero-order valence-electron chi connectivity index (χ0n) is 11.3. The standard InChI is InChI=1S/C19H14S/c1-13-7-5-12-17-18(13)16-11-6-10-15(19(16)20-17)14-8-3-2-4-9-14/h2-12H,1H3. The molecule has 0 spiro atoms. The first kappa shape index (κ1) is 11.7. The molecule has 0 saturated carbocycles. The summed E-state index contributed by atoms with van der Waals surface area (Å²) in [6, 6.07) is 23.9. The molecule has 20 heavy (non-hydrogen) atoms. The molecule has 0 unspecified atom stereocenters. The van der Waals surface area contributed by atoms with E-state index in [1.54, 1.807) is 0 Å². The summed E-state index contributed by atoms with van der Waals surface area (Å²) in [6.07, 6.45) is 0. The first-order valence-corrected chi connectivity index (χ1v) is 7.62. The molecule has 0 atom stereocenters. The summed E-state index contributed by atoms with van der Waals surface area (Å²) in [5.74, 6) is 0. The van der Waals surface area contributed by atoms with Crippen molar-refractivity contribution in [2.75, 3.05) is 0 Å². The van der Waals surface area contributed by atoms with Crippen LogP contribution in [0.1, 0.15) is 5.56 Å². The molecule has 1 heterocycles. The summed E-state index contributed by atoms with van der Waals surface area (Å²) in [6.45, 7) is 2.20. The van der Waals surface area contributed by atoms with E-state index in [0.717, 1.165) is 0 Å². The normalized spacial score (nSPS) is 11.2. The third-order valence-electron chi connectivity index (χ3n) is 3.82. The van der Waals surface area contributed by atoms with Crippen LogP contribution in [0.2, 0.25) is 0 Å². The fraction of sp³-hybridized carbons (Fsp3) is 0.0526. The number of benzene rings is 3. The van der Waals surface area contributed by atoms with Crippen molar-refractivity contribution in [3.63, 3.8) is 0 Å². The smallest absolute Gasteiger partial charge is 0.0433 e. The lowest BCUT2D eigenvalue weighted by molar-refractivity contribution is 1.55. The van der Waals surface area contributed by atoms with Gasteiger partial charge in [-0.2, -0.15) is 0 Å². The minimum atomic E-state index is 1.29. The molecule has 0 aliphatic carbocycles. The molecule has 1 heteroatoms. The summed E-state index contributed by atoms with van der Waals surface area (Å²) in [5, 5.41) is 2.79. The molecule has 96 valence electrons. The van der Waals surface area contributed by atoms with E-state index in [0.29, 0.717) is 0 Å². The van der Waals surface area contributed by atoms with E-state index < -0.39 is 0 Å². The van der Waals surface area contributed by atoms with Crippen LogP contribution in [-0.4, -0.2) is 0 Å².